The third kappa shape index (κ3) is 5.20. The molecule has 1 aromatic rings. The molecule has 0 aliphatic carbocycles. The van der Waals surface area contributed by atoms with Gasteiger partial charge in [0.2, 0.25) is 0 Å². The van der Waals surface area contributed by atoms with Crippen molar-refractivity contribution >= 4 is 35.5 Å². The number of nitrogens with zero attached hydrogens (tertiary/aromatic N) is 1. The van der Waals surface area contributed by atoms with Gasteiger partial charge in [0.05, 0.1) is 5.02 Å². The van der Waals surface area contributed by atoms with Crippen LogP contribution in [0.25, 0.3) is 0 Å². The summed E-state index contributed by atoms with van der Waals surface area (Å²) in [5, 5.41) is 0.967. The minimum absolute atomic E-state index is 0.435. The molecule has 0 saturated heterocycles. The number of ether oxygens (including phenoxy) is 1. The van der Waals surface area contributed by atoms with Gasteiger partial charge in [0.25, 0.3) is 0 Å². The summed E-state index contributed by atoms with van der Waals surface area (Å²) < 4.78 is 5.02. The smallest absolute Gasteiger partial charge is 0.434 e. The van der Waals surface area contributed by atoms with Crippen LogP contribution in [-0.4, -0.2) is 17.9 Å². The molecular formula is C12H13Cl2NO2. The average molecular weight is 274 g/mol. The van der Waals surface area contributed by atoms with Gasteiger partial charge in [0.15, 0.2) is 0 Å². The molecule has 0 aliphatic rings. The molecule has 0 N–H and O–H groups in total. The van der Waals surface area contributed by atoms with Crippen molar-refractivity contribution in [1.82, 2.24) is 0 Å². The largest absolute Gasteiger partial charge is 0.442 e. The summed E-state index contributed by atoms with van der Waals surface area (Å²) in [6.07, 6.45) is 0.704. The Morgan fingerprint density at radius 2 is 2.00 bits per heavy atom. The second-order valence-electron chi connectivity index (χ2n) is 4.40. The lowest BCUT2D eigenvalue weighted by atomic mass is 10.2. The van der Waals surface area contributed by atoms with Gasteiger partial charge in [0.1, 0.15) is 5.60 Å². The predicted octanol–water partition coefficient (Wildman–Crippen LogP) is 4.35. The Morgan fingerprint density at radius 3 is 2.53 bits per heavy atom. The van der Waals surface area contributed by atoms with E-state index in [0.29, 0.717) is 15.6 Å². The molecule has 1 rings (SSSR count). The van der Waals surface area contributed by atoms with Crippen LogP contribution in [0.1, 0.15) is 26.3 Å². The number of carbonyl (C=O) groups is 1. The van der Waals surface area contributed by atoms with Crippen LogP contribution >= 0.6 is 23.2 Å². The van der Waals surface area contributed by atoms with E-state index in [2.05, 4.69) is 4.99 Å². The topological polar surface area (TPSA) is 38.7 Å². The van der Waals surface area contributed by atoms with Crippen molar-refractivity contribution in [2.24, 2.45) is 4.99 Å². The highest BCUT2D eigenvalue weighted by Gasteiger charge is 2.14. The third-order valence-corrected chi connectivity index (χ3v) is 2.23. The van der Waals surface area contributed by atoms with E-state index in [1.165, 1.54) is 6.21 Å². The number of amides is 1. The highest BCUT2D eigenvalue weighted by molar-refractivity contribution is 6.36. The monoisotopic (exact) mass is 273 g/mol. The number of hydrogen-bond donors (Lipinski definition) is 0. The Labute approximate surface area is 110 Å². The first-order valence-corrected chi connectivity index (χ1v) is 5.75. The van der Waals surface area contributed by atoms with Gasteiger partial charge in [-0.2, -0.15) is 4.99 Å². The van der Waals surface area contributed by atoms with Gasteiger partial charge in [-0.3, -0.25) is 0 Å². The van der Waals surface area contributed by atoms with E-state index >= 15 is 0 Å². The summed E-state index contributed by atoms with van der Waals surface area (Å²) in [4.78, 5) is 15.0. The second kappa shape index (κ2) is 5.52. The standard InChI is InChI=1S/C12H13Cl2NO2/c1-12(2,3)17-11(16)15-7-8-4-5-9(13)6-10(8)14/h4-7H,1-3H3/b15-7+. The first kappa shape index (κ1) is 14.0. The van der Waals surface area contributed by atoms with Crippen LogP contribution in [0.5, 0.6) is 0 Å². The van der Waals surface area contributed by atoms with Crippen molar-refractivity contribution < 1.29 is 9.53 Å². The zero-order valence-electron chi connectivity index (χ0n) is 9.83. The molecule has 0 atom stereocenters. The summed E-state index contributed by atoms with van der Waals surface area (Å²) in [6, 6.07) is 4.93. The number of carbonyl (C=O) groups excluding carboxylic acids is 1. The quantitative estimate of drug-likeness (QED) is 0.714. The SMILES string of the molecule is CC(C)(C)OC(=O)/N=C/c1ccc(Cl)cc1Cl. The van der Waals surface area contributed by atoms with Crippen LogP contribution < -0.4 is 0 Å². The second-order valence-corrected chi connectivity index (χ2v) is 5.25. The molecule has 0 radical (unpaired) electrons. The first-order chi connectivity index (χ1) is 7.78. The van der Waals surface area contributed by atoms with E-state index in [0.717, 1.165) is 0 Å². The molecule has 1 amide bonds. The fourth-order valence-electron chi connectivity index (χ4n) is 1.02. The van der Waals surface area contributed by atoms with Crippen molar-refractivity contribution in [3.05, 3.63) is 33.8 Å². The number of rotatable bonds is 1. The molecule has 0 heterocycles. The summed E-state index contributed by atoms with van der Waals surface area (Å²) in [5.74, 6) is 0. The van der Waals surface area contributed by atoms with Gasteiger partial charge in [-0.05, 0) is 32.9 Å². The van der Waals surface area contributed by atoms with Crippen molar-refractivity contribution in [3.8, 4) is 0 Å². The Morgan fingerprint density at radius 1 is 1.35 bits per heavy atom. The number of hydrogen-bond acceptors (Lipinski definition) is 2. The molecule has 92 valence electrons. The van der Waals surface area contributed by atoms with Gasteiger partial charge in [0, 0.05) is 16.8 Å². The molecule has 0 aliphatic heterocycles. The predicted molar refractivity (Wildman–Crippen MR) is 70.3 cm³/mol. The molecule has 0 saturated carbocycles. The molecule has 3 nitrogen and oxygen atoms in total. The Bertz CT molecular complexity index is 450. The summed E-state index contributed by atoms with van der Waals surface area (Å²) >= 11 is 11.7. The first-order valence-electron chi connectivity index (χ1n) is 5.00. The summed E-state index contributed by atoms with van der Waals surface area (Å²) in [7, 11) is 0. The Kier molecular flexibility index (Phi) is 4.54. The van der Waals surface area contributed by atoms with Crippen molar-refractivity contribution in [1.29, 1.82) is 0 Å². The summed E-state index contributed by atoms with van der Waals surface area (Å²) in [5.41, 5.74) is 0.0556. The van der Waals surface area contributed by atoms with Crippen LogP contribution in [0.4, 0.5) is 4.79 Å². The molecule has 0 aromatic heterocycles. The van der Waals surface area contributed by atoms with Gasteiger partial charge >= 0.3 is 6.09 Å². The van der Waals surface area contributed by atoms with E-state index in [1.54, 1.807) is 39.0 Å². The van der Waals surface area contributed by atoms with Crippen LogP contribution in [0.2, 0.25) is 10.0 Å². The van der Waals surface area contributed by atoms with E-state index < -0.39 is 11.7 Å². The Balaban J connectivity index is 2.74. The minimum Gasteiger partial charge on any atom is -0.442 e. The van der Waals surface area contributed by atoms with Gasteiger partial charge < -0.3 is 4.74 Å². The van der Waals surface area contributed by atoms with Crippen molar-refractivity contribution in [3.63, 3.8) is 0 Å². The molecule has 0 fully saturated rings. The number of halogens is 2. The third-order valence-electron chi connectivity index (χ3n) is 1.67. The van der Waals surface area contributed by atoms with Crippen LogP contribution in [0.3, 0.4) is 0 Å². The lowest BCUT2D eigenvalue weighted by Gasteiger charge is -2.17. The van der Waals surface area contributed by atoms with E-state index in [9.17, 15) is 4.79 Å². The van der Waals surface area contributed by atoms with Gasteiger partial charge in [-0.25, -0.2) is 4.79 Å². The average Bonchev–Trinajstić information content (AvgIpc) is 2.13. The minimum atomic E-state index is -0.650. The fraction of sp³-hybridized carbons (Fsp3) is 0.333. The molecule has 17 heavy (non-hydrogen) atoms. The number of benzene rings is 1. The number of aliphatic imine (C=N–C) groups is 1. The maximum absolute atomic E-state index is 11.3. The molecular weight excluding hydrogens is 261 g/mol. The molecule has 1 aromatic carbocycles. The maximum Gasteiger partial charge on any atom is 0.434 e. The van der Waals surface area contributed by atoms with E-state index in [1.807, 2.05) is 0 Å². The van der Waals surface area contributed by atoms with Gasteiger partial charge in [-0.1, -0.05) is 29.3 Å². The van der Waals surface area contributed by atoms with E-state index in [-0.39, 0.29) is 0 Å². The Hall–Kier alpha value is -1.06. The zero-order chi connectivity index (χ0) is 13.1. The highest BCUT2D eigenvalue weighted by Crippen LogP contribution is 2.19. The lowest BCUT2D eigenvalue weighted by molar-refractivity contribution is 0.0605. The van der Waals surface area contributed by atoms with Crippen LogP contribution in [0.15, 0.2) is 23.2 Å². The highest BCUT2D eigenvalue weighted by atomic mass is 35.5. The lowest BCUT2D eigenvalue weighted by Crippen LogP contribution is -2.21. The van der Waals surface area contributed by atoms with Crippen LogP contribution in [-0.2, 0) is 4.74 Å². The zero-order valence-corrected chi connectivity index (χ0v) is 11.3. The summed E-state index contributed by atoms with van der Waals surface area (Å²) in [6.45, 7) is 5.32. The van der Waals surface area contributed by atoms with Crippen LogP contribution in [0, 0.1) is 0 Å². The van der Waals surface area contributed by atoms with Crippen molar-refractivity contribution in [2.45, 2.75) is 26.4 Å². The van der Waals surface area contributed by atoms with Gasteiger partial charge in [-0.15, -0.1) is 0 Å². The van der Waals surface area contributed by atoms with E-state index in [4.69, 9.17) is 27.9 Å². The molecule has 5 heteroatoms. The normalized spacial score (nSPS) is 11.8. The van der Waals surface area contributed by atoms with Crippen molar-refractivity contribution in [2.75, 3.05) is 0 Å². The molecule has 0 unspecified atom stereocenters. The maximum atomic E-state index is 11.3. The molecule has 0 bridgehead atoms. The molecule has 0 spiro atoms. The fourth-order valence-corrected chi connectivity index (χ4v) is 1.47.